The van der Waals surface area contributed by atoms with E-state index in [0.29, 0.717) is 19.3 Å². The normalized spacial score (nSPS) is 15.5. The molecule has 63 heavy (non-hydrogen) atoms. The lowest BCUT2D eigenvalue weighted by Crippen LogP contribution is -2.54. The molecule has 1 saturated carbocycles. The number of hydrogen-bond acceptors (Lipinski definition) is 9. The molecule has 0 spiro atoms. The number of amides is 3. The quantitative estimate of drug-likeness (QED) is 0.0397. The minimum atomic E-state index is -5.27. The maximum atomic E-state index is 14.3. The van der Waals surface area contributed by atoms with Crippen molar-refractivity contribution in [2.75, 3.05) is 6.54 Å². The molecule has 3 aromatic rings. The van der Waals surface area contributed by atoms with Crippen LogP contribution in [0.1, 0.15) is 101 Å². The van der Waals surface area contributed by atoms with Crippen molar-refractivity contribution in [3.8, 4) is 0 Å². The number of nitrogens with two attached hydrogens (primary N) is 1. The van der Waals surface area contributed by atoms with E-state index in [9.17, 15) is 37.1 Å². The second-order valence-electron chi connectivity index (χ2n) is 16.8. The molecule has 0 heterocycles. The molecule has 0 aromatic heterocycles. The Morgan fingerprint density at radius 3 is 1.84 bits per heavy atom. The van der Waals surface area contributed by atoms with Gasteiger partial charge >= 0.3 is 24.2 Å². The Bertz CT molecular complexity index is 1850. The monoisotopic (exact) mass is 880 g/mol. The summed E-state index contributed by atoms with van der Waals surface area (Å²) in [5, 5.41) is 8.29. The lowest BCUT2D eigenvalue weighted by atomic mass is 9.82. The van der Waals surface area contributed by atoms with Gasteiger partial charge in [-0.3, -0.25) is 9.59 Å². The number of alkyl carbamates (subject to hydrolysis) is 1. The summed E-state index contributed by atoms with van der Waals surface area (Å²) in [6.07, 6.45) is -1.54. The van der Waals surface area contributed by atoms with Gasteiger partial charge in [0.1, 0.15) is 31.4 Å². The first kappa shape index (κ1) is 50.2. The lowest BCUT2D eigenvalue weighted by molar-refractivity contribution is -0.206. The molecule has 4 rings (SSSR count). The molecule has 12 nitrogen and oxygen atoms in total. The van der Waals surface area contributed by atoms with E-state index in [1.54, 1.807) is 36.4 Å². The van der Waals surface area contributed by atoms with Crippen LogP contribution in [0.3, 0.4) is 0 Å². The van der Waals surface area contributed by atoms with E-state index >= 15 is 0 Å². The maximum absolute atomic E-state index is 14.3. The molecule has 3 amide bonds. The van der Waals surface area contributed by atoms with Crippen molar-refractivity contribution in [3.63, 3.8) is 0 Å². The molecular weight excluding hydrogens is 818 g/mol. The minimum Gasteiger partial charge on any atom is -0.459 e. The molecule has 0 aliphatic heterocycles. The highest BCUT2D eigenvalue weighted by Crippen LogP contribution is 2.31. The zero-order valence-electron chi connectivity index (χ0n) is 36.3. The van der Waals surface area contributed by atoms with Gasteiger partial charge in [-0.1, -0.05) is 137 Å². The van der Waals surface area contributed by atoms with Crippen LogP contribution in [0.4, 0.5) is 18.0 Å². The van der Waals surface area contributed by atoms with Crippen molar-refractivity contribution in [2.24, 2.45) is 23.5 Å². The number of nitrogens with one attached hydrogen (secondary N) is 3. The van der Waals surface area contributed by atoms with Gasteiger partial charge in [-0.15, -0.1) is 0 Å². The number of esters is 2. The number of benzene rings is 3. The third-order valence-electron chi connectivity index (χ3n) is 11.1. The maximum Gasteiger partial charge on any atom is 0.490 e. The van der Waals surface area contributed by atoms with Gasteiger partial charge in [-0.05, 0) is 67.1 Å². The second-order valence-corrected chi connectivity index (χ2v) is 16.8. The van der Waals surface area contributed by atoms with Gasteiger partial charge < -0.3 is 35.9 Å². The number of carbonyl (C=O) groups excluding carboxylic acids is 5. The molecule has 0 bridgehead atoms. The number of halogens is 3. The van der Waals surface area contributed by atoms with Gasteiger partial charge in [0.05, 0.1) is 0 Å². The lowest BCUT2D eigenvalue weighted by Gasteiger charge is -2.32. The summed E-state index contributed by atoms with van der Waals surface area (Å²) in [4.78, 5) is 66.8. The molecule has 0 radical (unpaired) electrons. The first-order valence-electron chi connectivity index (χ1n) is 22.0. The highest BCUT2D eigenvalue weighted by atomic mass is 19.4. The van der Waals surface area contributed by atoms with E-state index in [2.05, 4.69) is 16.0 Å². The van der Waals surface area contributed by atoms with Crippen molar-refractivity contribution in [3.05, 3.63) is 108 Å². The summed E-state index contributed by atoms with van der Waals surface area (Å²) in [6, 6.07) is 23.9. The molecule has 344 valence electrons. The van der Waals surface area contributed by atoms with Gasteiger partial charge in [0.25, 0.3) is 0 Å². The van der Waals surface area contributed by atoms with Crippen LogP contribution >= 0.6 is 0 Å². The molecule has 1 aliphatic carbocycles. The van der Waals surface area contributed by atoms with Crippen LogP contribution in [0.5, 0.6) is 0 Å². The summed E-state index contributed by atoms with van der Waals surface area (Å²) >= 11 is 0. The molecule has 5 atom stereocenters. The highest BCUT2D eigenvalue weighted by molar-refractivity contribution is 5.91. The van der Waals surface area contributed by atoms with Crippen LogP contribution in [0.2, 0.25) is 0 Å². The Morgan fingerprint density at radius 2 is 1.27 bits per heavy atom. The Labute approximate surface area is 368 Å². The second kappa shape index (κ2) is 26.2. The molecule has 15 heteroatoms. The minimum absolute atomic E-state index is 0.0401. The molecular formula is C48H63F3N4O8. The number of alkyl halides is 3. The number of hydrogen-bond donors (Lipinski definition) is 4. The summed E-state index contributed by atoms with van der Waals surface area (Å²) in [5.41, 5.74) is 8.82. The van der Waals surface area contributed by atoms with Gasteiger partial charge in [-0.25, -0.2) is 14.4 Å². The Morgan fingerprint density at radius 1 is 0.714 bits per heavy atom. The van der Waals surface area contributed by atoms with E-state index in [4.69, 9.17) is 19.9 Å². The van der Waals surface area contributed by atoms with E-state index in [1.165, 1.54) is 0 Å². The van der Waals surface area contributed by atoms with Gasteiger partial charge in [-0.2, -0.15) is 13.2 Å². The third kappa shape index (κ3) is 18.8. The summed E-state index contributed by atoms with van der Waals surface area (Å²) < 4.78 is 56.6. The number of unbranched alkanes of at least 4 members (excludes halogenated alkanes) is 1. The number of rotatable bonds is 24. The number of carbonyl (C=O) groups is 5. The standard InChI is InChI=1S/C48H63F3N4O8/c1-33(2)27-38(30-42(63-46(59)48(49,50)51)39(52)28-34-17-7-3-8-18-34)43(56)54-40(25-15-16-26-53-47(60)62-32-37-23-13-6-14-24-37)44(57)55-41(29-35-19-9-4-10-20-35)45(58)61-31-36-21-11-5-12-22-36/h4-6,9-14,19-24,33-34,38-42H,3,7-8,15-18,25-32,52H2,1-2H3,(H,53,60)(H,54,56)(H,55,57)/t38-,39+,40+,41+,42+/m1/s1. The fourth-order valence-electron chi connectivity index (χ4n) is 7.78. The topological polar surface area (TPSA) is 175 Å². The third-order valence-corrected chi connectivity index (χ3v) is 11.1. The largest absolute Gasteiger partial charge is 0.490 e. The van der Waals surface area contributed by atoms with Crippen LogP contribution in [-0.2, 0) is 53.0 Å². The predicted octanol–water partition coefficient (Wildman–Crippen LogP) is 7.86. The fraction of sp³-hybridized carbons (Fsp3) is 0.521. The van der Waals surface area contributed by atoms with Gasteiger partial charge in [0.2, 0.25) is 11.8 Å². The van der Waals surface area contributed by atoms with Crippen molar-refractivity contribution >= 4 is 29.8 Å². The van der Waals surface area contributed by atoms with Crippen LogP contribution in [0, 0.1) is 17.8 Å². The molecule has 1 fully saturated rings. The predicted molar refractivity (Wildman–Crippen MR) is 231 cm³/mol. The van der Waals surface area contributed by atoms with Gasteiger partial charge in [0.15, 0.2) is 0 Å². The first-order chi connectivity index (χ1) is 30.2. The van der Waals surface area contributed by atoms with Crippen molar-refractivity contribution in [2.45, 2.75) is 135 Å². The first-order valence-corrected chi connectivity index (χ1v) is 22.0. The summed E-state index contributed by atoms with van der Waals surface area (Å²) in [6.45, 7) is 3.92. The molecule has 1 aliphatic rings. The van der Waals surface area contributed by atoms with E-state index in [1.807, 2.05) is 68.4 Å². The van der Waals surface area contributed by atoms with Crippen LogP contribution in [0.15, 0.2) is 91.0 Å². The van der Waals surface area contributed by atoms with E-state index in [0.717, 1.165) is 48.8 Å². The fourth-order valence-corrected chi connectivity index (χ4v) is 7.78. The SMILES string of the molecule is CC(C)C[C@H](C[C@H](OC(=O)C(F)(F)F)[C@@H](N)CC1CCCCC1)C(=O)N[C@@H](CCCCNC(=O)OCc1ccccc1)C(=O)N[C@@H](Cc1ccccc1)C(=O)OCc1ccccc1. The molecule has 0 saturated heterocycles. The zero-order chi connectivity index (χ0) is 45.6. The van der Waals surface area contributed by atoms with E-state index in [-0.39, 0.29) is 57.3 Å². The molecule has 3 aromatic carbocycles. The van der Waals surface area contributed by atoms with Crippen molar-refractivity contribution in [1.82, 2.24) is 16.0 Å². The number of ether oxygens (including phenoxy) is 3. The molecule has 5 N–H and O–H groups in total. The zero-order valence-corrected chi connectivity index (χ0v) is 36.3. The summed E-state index contributed by atoms with van der Waals surface area (Å²) in [5.74, 6) is -5.38. The highest BCUT2D eigenvalue weighted by Gasteiger charge is 2.44. The van der Waals surface area contributed by atoms with Gasteiger partial charge in [0, 0.05) is 24.9 Å². The smallest absolute Gasteiger partial charge is 0.459 e. The average molecular weight is 881 g/mol. The van der Waals surface area contributed by atoms with Crippen molar-refractivity contribution in [1.29, 1.82) is 0 Å². The van der Waals surface area contributed by atoms with Crippen LogP contribution in [0.25, 0.3) is 0 Å². The van der Waals surface area contributed by atoms with Crippen LogP contribution in [-0.4, -0.2) is 66.8 Å². The summed E-state index contributed by atoms with van der Waals surface area (Å²) in [7, 11) is 0. The Kier molecular flexibility index (Phi) is 20.9. The average Bonchev–Trinajstić information content (AvgIpc) is 3.27. The molecule has 0 unspecified atom stereocenters. The van der Waals surface area contributed by atoms with Crippen LogP contribution < -0.4 is 21.7 Å². The Balaban J connectivity index is 1.52. The Hall–Kier alpha value is -5.44. The van der Waals surface area contributed by atoms with Crippen molar-refractivity contribution < 1.29 is 51.4 Å². The van der Waals surface area contributed by atoms with E-state index < -0.39 is 66.2 Å².